The van der Waals surface area contributed by atoms with E-state index >= 15 is 0 Å². The van der Waals surface area contributed by atoms with Gasteiger partial charge in [-0.1, -0.05) is 18.0 Å². The molecule has 1 saturated heterocycles. The number of carbonyl (C=O) groups excluding carboxylic acids is 1. The van der Waals surface area contributed by atoms with Crippen LogP contribution in [0.3, 0.4) is 0 Å². The van der Waals surface area contributed by atoms with Crippen LogP contribution in [0.15, 0.2) is 16.3 Å². The molecule has 1 unspecified atom stereocenters. The summed E-state index contributed by atoms with van der Waals surface area (Å²) >= 11 is 8.44. The number of fused-ring (bicyclic) bond motifs is 1. The van der Waals surface area contributed by atoms with E-state index in [0.29, 0.717) is 22.4 Å². The van der Waals surface area contributed by atoms with Gasteiger partial charge in [-0.05, 0) is 50.7 Å². The molecule has 146 valence electrons. The van der Waals surface area contributed by atoms with Crippen molar-refractivity contribution in [2.75, 3.05) is 11.9 Å². The molecule has 0 bridgehead atoms. The number of nitrogens with one attached hydrogen (secondary N) is 1. The van der Waals surface area contributed by atoms with Crippen LogP contribution < -0.4 is 5.32 Å². The van der Waals surface area contributed by atoms with Gasteiger partial charge in [-0.25, -0.2) is 13.4 Å². The molecule has 6 nitrogen and oxygen atoms in total. The molecule has 2 aromatic heterocycles. The van der Waals surface area contributed by atoms with Gasteiger partial charge in [0.2, 0.25) is 5.91 Å². The van der Waals surface area contributed by atoms with Gasteiger partial charge in [0.05, 0.1) is 10.0 Å². The van der Waals surface area contributed by atoms with E-state index in [0.717, 1.165) is 55.6 Å². The Kier molecular flexibility index (Phi) is 5.57. The predicted octanol–water partition coefficient (Wildman–Crippen LogP) is 3.92. The molecule has 1 amide bonds. The number of thiophene rings is 1. The summed E-state index contributed by atoms with van der Waals surface area (Å²) in [6.45, 7) is 0.338. The first kappa shape index (κ1) is 19.3. The standard InChI is InChI=1S/C17H20ClN3O3S3/c18-14-8-9-15(26-14)27(23,24)21-10-4-3-6-12(21)16(22)20-17-19-11-5-1-2-7-13(11)25-17/h8-9,12H,1-7,10H2,(H,19,20,22). The van der Waals surface area contributed by atoms with Gasteiger partial charge in [-0.3, -0.25) is 4.79 Å². The fraction of sp³-hybridized carbons (Fsp3) is 0.529. The summed E-state index contributed by atoms with van der Waals surface area (Å²) in [7, 11) is -3.74. The van der Waals surface area contributed by atoms with Gasteiger partial charge in [0, 0.05) is 11.4 Å². The zero-order valence-electron chi connectivity index (χ0n) is 14.6. The van der Waals surface area contributed by atoms with Gasteiger partial charge in [0.25, 0.3) is 10.0 Å². The smallest absolute Gasteiger partial charge is 0.253 e. The second-order valence-electron chi connectivity index (χ2n) is 6.77. The number of hydrogen-bond donors (Lipinski definition) is 1. The normalized spacial score (nSPS) is 21.0. The summed E-state index contributed by atoms with van der Waals surface area (Å²) < 4.78 is 27.9. The molecule has 0 spiro atoms. The Morgan fingerprint density at radius 2 is 2.00 bits per heavy atom. The Hall–Kier alpha value is -1.000. The summed E-state index contributed by atoms with van der Waals surface area (Å²) in [4.78, 5) is 18.7. The third kappa shape index (κ3) is 3.93. The van der Waals surface area contributed by atoms with Crippen molar-refractivity contribution in [1.29, 1.82) is 0 Å². The van der Waals surface area contributed by atoms with Crippen molar-refractivity contribution >= 4 is 55.3 Å². The zero-order chi connectivity index (χ0) is 19.0. The van der Waals surface area contributed by atoms with E-state index < -0.39 is 16.1 Å². The number of halogens is 1. The van der Waals surface area contributed by atoms with Crippen LogP contribution in [0, 0.1) is 0 Å². The Bertz CT molecular complexity index is 930. The average Bonchev–Trinajstić information content (AvgIpc) is 3.27. The quantitative estimate of drug-likeness (QED) is 0.773. The number of anilines is 1. The number of hydrogen-bond acceptors (Lipinski definition) is 6. The van der Waals surface area contributed by atoms with E-state index in [1.165, 1.54) is 26.6 Å². The zero-order valence-corrected chi connectivity index (χ0v) is 17.8. The summed E-state index contributed by atoms with van der Waals surface area (Å²) in [5, 5.41) is 3.45. The third-order valence-corrected chi connectivity index (χ3v) is 9.62. The molecule has 4 rings (SSSR count). The van der Waals surface area contributed by atoms with E-state index in [9.17, 15) is 13.2 Å². The fourth-order valence-electron chi connectivity index (χ4n) is 3.60. The molecule has 0 saturated carbocycles. The predicted molar refractivity (Wildman–Crippen MR) is 108 cm³/mol. The van der Waals surface area contributed by atoms with E-state index in [4.69, 9.17) is 11.6 Å². The number of carbonyl (C=O) groups is 1. The van der Waals surface area contributed by atoms with Crippen LogP contribution in [0.25, 0.3) is 0 Å². The van der Waals surface area contributed by atoms with Crippen molar-refractivity contribution in [3.05, 3.63) is 27.0 Å². The lowest BCUT2D eigenvalue weighted by atomic mass is 10.0. The fourth-order valence-corrected chi connectivity index (χ4v) is 7.92. The molecule has 1 aliphatic heterocycles. The molecule has 2 aliphatic rings. The Morgan fingerprint density at radius 1 is 1.19 bits per heavy atom. The van der Waals surface area contributed by atoms with Crippen molar-refractivity contribution in [2.45, 2.75) is 55.2 Å². The highest BCUT2D eigenvalue weighted by molar-refractivity contribution is 7.91. The van der Waals surface area contributed by atoms with Crippen LogP contribution in [-0.2, 0) is 27.7 Å². The van der Waals surface area contributed by atoms with Crippen LogP contribution in [0.2, 0.25) is 4.34 Å². The number of aryl methyl sites for hydroxylation is 2. The summed E-state index contributed by atoms with van der Waals surface area (Å²) in [6.07, 6.45) is 6.31. The monoisotopic (exact) mass is 445 g/mol. The van der Waals surface area contributed by atoms with Crippen LogP contribution in [-0.4, -0.2) is 36.2 Å². The Morgan fingerprint density at radius 3 is 2.74 bits per heavy atom. The molecule has 1 fully saturated rings. The maximum Gasteiger partial charge on any atom is 0.253 e. The van der Waals surface area contributed by atoms with Gasteiger partial charge in [-0.2, -0.15) is 4.31 Å². The summed E-state index contributed by atoms with van der Waals surface area (Å²) in [5.41, 5.74) is 1.07. The molecular formula is C17H20ClN3O3S3. The molecule has 3 heterocycles. The number of piperidine rings is 1. The number of rotatable bonds is 4. The largest absolute Gasteiger partial charge is 0.301 e. The first-order valence-electron chi connectivity index (χ1n) is 9.02. The van der Waals surface area contributed by atoms with E-state index in [-0.39, 0.29) is 10.1 Å². The molecule has 1 aliphatic carbocycles. The Labute approximate surface area is 171 Å². The highest BCUT2D eigenvalue weighted by atomic mass is 35.5. The molecule has 0 radical (unpaired) electrons. The van der Waals surface area contributed by atoms with Crippen LogP contribution >= 0.6 is 34.3 Å². The van der Waals surface area contributed by atoms with E-state index in [1.807, 2.05) is 0 Å². The number of sulfonamides is 1. The van der Waals surface area contributed by atoms with Crippen molar-refractivity contribution in [3.63, 3.8) is 0 Å². The minimum atomic E-state index is -3.74. The second-order valence-corrected chi connectivity index (χ2v) is 11.7. The van der Waals surface area contributed by atoms with Crippen molar-refractivity contribution in [3.8, 4) is 0 Å². The molecule has 1 N–H and O–H groups in total. The minimum Gasteiger partial charge on any atom is -0.301 e. The molecule has 0 aromatic carbocycles. The highest BCUT2D eigenvalue weighted by Gasteiger charge is 2.38. The van der Waals surface area contributed by atoms with Crippen LogP contribution in [0.4, 0.5) is 5.13 Å². The minimum absolute atomic E-state index is 0.178. The first-order valence-corrected chi connectivity index (χ1v) is 12.5. The topological polar surface area (TPSA) is 79.4 Å². The third-order valence-electron chi connectivity index (χ3n) is 4.94. The first-order chi connectivity index (χ1) is 12.9. The molecule has 27 heavy (non-hydrogen) atoms. The van der Waals surface area contributed by atoms with Crippen molar-refractivity contribution in [1.82, 2.24) is 9.29 Å². The van der Waals surface area contributed by atoms with Gasteiger partial charge < -0.3 is 5.32 Å². The van der Waals surface area contributed by atoms with E-state index in [2.05, 4.69) is 10.3 Å². The molecule has 10 heteroatoms. The lowest BCUT2D eigenvalue weighted by molar-refractivity contribution is -0.120. The number of thiazole rings is 1. The van der Waals surface area contributed by atoms with Gasteiger partial charge in [-0.15, -0.1) is 22.7 Å². The number of aromatic nitrogens is 1. The SMILES string of the molecule is O=C(Nc1nc2c(s1)CCCC2)C1CCCCN1S(=O)(=O)c1ccc(Cl)s1. The summed E-state index contributed by atoms with van der Waals surface area (Å²) in [6, 6.07) is 2.35. The van der Waals surface area contributed by atoms with Gasteiger partial charge in [0.1, 0.15) is 10.3 Å². The number of amides is 1. The molecule has 1 atom stereocenters. The average molecular weight is 446 g/mol. The van der Waals surface area contributed by atoms with Crippen molar-refractivity contribution < 1.29 is 13.2 Å². The maximum absolute atomic E-state index is 13.0. The maximum atomic E-state index is 13.0. The molecule has 2 aromatic rings. The summed E-state index contributed by atoms with van der Waals surface area (Å²) in [5.74, 6) is -0.299. The van der Waals surface area contributed by atoms with Crippen LogP contribution in [0.5, 0.6) is 0 Å². The van der Waals surface area contributed by atoms with Crippen molar-refractivity contribution in [2.24, 2.45) is 0 Å². The molecular weight excluding hydrogens is 426 g/mol. The van der Waals surface area contributed by atoms with Gasteiger partial charge in [0.15, 0.2) is 5.13 Å². The van der Waals surface area contributed by atoms with Crippen LogP contribution in [0.1, 0.15) is 42.7 Å². The number of nitrogens with zero attached hydrogens (tertiary/aromatic N) is 2. The second kappa shape index (κ2) is 7.79. The van der Waals surface area contributed by atoms with E-state index in [1.54, 1.807) is 6.07 Å². The lowest BCUT2D eigenvalue weighted by Gasteiger charge is -2.32. The lowest BCUT2D eigenvalue weighted by Crippen LogP contribution is -2.49. The van der Waals surface area contributed by atoms with Gasteiger partial charge >= 0.3 is 0 Å². The highest BCUT2D eigenvalue weighted by Crippen LogP contribution is 2.33. The Balaban J connectivity index is 1.55.